The first-order valence-electron chi connectivity index (χ1n) is 11.6. The van der Waals surface area contributed by atoms with E-state index in [4.69, 9.17) is 23.1 Å². The van der Waals surface area contributed by atoms with Crippen molar-refractivity contribution in [2.24, 2.45) is 16.5 Å². The lowest BCUT2D eigenvalue weighted by Gasteiger charge is -2.31. The number of likely N-dealkylation sites (tertiary alicyclic amines) is 1. The highest BCUT2D eigenvalue weighted by Crippen LogP contribution is 2.20. The fraction of sp³-hybridized carbons (Fsp3) is 0.565. The molecule has 0 spiro atoms. The van der Waals surface area contributed by atoms with Crippen LogP contribution in [-0.2, 0) is 20.8 Å². The highest BCUT2D eigenvalue weighted by Gasteiger charge is 2.38. The van der Waals surface area contributed by atoms with Gasteiger partial charge in [-0.05, 0) is 31.2 Å². The van der Waals surface area contributed by atoms with Crippen molar-refractivity contribution in [3.63, 3.8) is 0 Å². The number of nitrogens with zero attached hydrogens (tertiary/aromatic N) is 2. The number of rotatable bonds is 13. The van der Waals surface area contributed by atoms with Gasteiger partial charge in [0, 0.05) is 19.5 Å². The van der Waals surface area contributed by atoms with Crippen molar-refractivity contribution in [1.29, 1.82) is 0 Å². The fourth-order valence-corrected chi connectivity index (χ4v) is 4.37. The predicted molar refractivity (Wildman–Crippen MR) is 139 cm³/mol. The maximum absolute atomic E-state index is 13.5. The Morgan fingerprint density at radius 3 is 2.57 bits per heavy atom. The summed E-state index contributed by atoms with van der Waals surface area (Å²) in [6.07, 6.45) is 1.39. The van der Waals surface area contributed by atoms with Gasteiger partial charge in [0.25, 0.3) is 0 Å². The van der Waals surface area contributed by atoms with Gasteiger partial charge < -0.3 is 32.1 Å². The third-order valence-corrected chi connectivity index (χ3v) is 6.42. The summed E-state index contributed by atoms with van der Waals surface area (Å²) in [6, 6.07) is 7.19. The molecule has 1 aromatic rings. The van der Waals surface area contributed by atoms with E-state index in [1.165, 1.54) is 4.90 Å². The smallest absolute Gasteiger partial charge is 0.246 e. The lowest BCUT2D eigenvalue weighted by Crippen LogP contribution is -2.56. The molecule has 194 valence electrons. The molecule has 0 aromatic heterocycles. The summed E-state index contributed by atoms with van der Waals surface area (Å²) < 4.78 is 0. The largest absolute Gasteiger partial charge is 0.390 e. The zero-order valence-corrected chi connectivity index (χ0v) is 21.3. The highest BCUT2D eigenvalue weighted by molar-refractivity contribution is 7.81. The number of halogens is 1. The lowest BCUT2D eigenvalue weighted by atomic mass is 10.0. The Labute approximate surface area is 216 Å². The second-order valence-electron chi connectivity index (χ2n) is 8.44. The van der Waals surface area contributed by atoms with Crippen LogP contribution in [0.1, 0.15) is 31.2 Å². The Morgan fingerprint density at radius 2 is 1.94 bits per heavy atom. The minimum Gasteiger partial charge on any atom is -0.390 e. The number of amides is 3. The minimum absolute atomic E-state index is 0.0290. The van der Waals surface area contributed by atoms with Gasteiger partial charge >= 0.3 is 0 Å². The van der Waals surface area contributed by atoms with E-state index in [1.807, 2.05) is 30.3 Å². The van der Waals surface area contributed by atoms with Crippen molar-refractivity contribution in [3.8, 4) is 0 Å². The fourth-order valence-electron chi connectivity index (χ4n) is 4.06. The number of carbonyl (C=O) groups is 3. The normalized spacial score (nSPS) is 17.8. The number of aliphatic imine (C=N–C) groups is 1. The predicted octanol–water partition coefficient (Wildman–Crippen LogP) is -0.227. The number of nitrogens with one attached hydrogen (secondary N) is 2. The zero-order chi connectivity index (χ0) is 25.8. The molecule has 1 unspecified atom stereocenters. The quantitative estimate of drug-likeness (QED) is 0.0683. The van der Waals surface area contributed by atoms with Crippen LogP contribution in [0.4, 0.5) is 0 Å². The molecule has 1 aliphatic rings. The van der Waals surface area contributed by atoms with Crippen LogP contribution >= 0.6 is 24.2 Å². The monoisotopic (exact) mass is 526 g/mol. The minimum atomic E-state index is -0.967. The van der Waals surface area contributed by atoms with E-state index in [1.54, 1.807) is 0 Å². The topological polar surface area (TPSA) is 163 Å². The number of nitrogens with two attached hydrogens (primary N) is 2. The third-order valence-electron chi connectivity index (χ3n) is 5.82. The SMILES string of the molecule is NC(N)=NCCC[C@H](NC(=O)[C@@H]1CCCN1C(=O)[C@@H](Cc1ccccc1)NC(=O)CS)C(O)CCl. The molecule has 1 fully saturated rings. The molecule has 0 aliphatic carbocycles. The van der Waals surface area contributed by atoms with Crippen LogP contribution in [0.3, 0.4) is 0 Å². The van der Waals surface area contributed by atoms with Gasteiger partial charge in [0.2, 0.25) is 17.7 Å². The molecule has 2 rings (SSSR count). The molecule has 0 bridgehead atoms. The number of guanidine groups is 1. The molecular weight excluding hydrogens is 492 g/mol. The van der Waals surface area contributed by atoms with E-state index in [0.29, 0.717) is 45.2 Å². The maximum Gasteiger partial charge on any atom is 0.246 e. The van der Waals surface area contributed by atoms with Crippen LogP contribution in [0.5, 0.6) is 0 Å². The Hall–Kier alpha value is -2.50. The van der Waals surface area contributed by atoms with Gasteiger partial charge in [-0.1, -0.05) is 30.3 Å². The average Bonchev–Trinajstić information content (AvgIpc) is 3.35. The first-order chi connectivity index (χ1) is 16.8. The molecule has 0 saturated carbocycles. The van der Waals surface area contributed by atoms with Gasteiger partial charge in [-0.2, -0.15) is 12.6 Å². The van der Waals surface area contributed by atoms with Crippen LogP contribution in [0.15, 0.2) is 35.3 Å². The van der Waals surface area contributed by atoms with Crippen molar-refractivity contribution < 1.29 is 19.5 Å². The second-order valence-corrected chi connectivity index (χ2v) is 9.07. The summed E-state index contributed by atoms with van der Waals surface area (Å²) in [4.78, 5) is 44.1. The summed E-state index contributed by atoms with van der Waals surface area (Å²) in [5.41, 5.74) is 11.6. The molecule has 1 aromatic carbocycles. The second kappa shape index (κ2) is 14.8. The maximum atomic E-state index is 13.5. The molecule has 35 heavy (non-hydrogen) atoms. The van der Waals surface area contributed by atoms with Crippen molar-refractivity contribution in [2.45, 2.75) is 56.3 Å². The number of thiol groups is 1. The average molecular weight is 527 g/mol. The van der Waals surface area contributed by atoms with Gasteiger partial charge in [-0.25, -0.2) is 0 Å². The summed E-state index contributed by atoms with van der Waals surface area (Å²) in [5.74, 6) is -1.21. The van der Waals surface area contributed by atoms with Crippen LogP contribution < -0.4 is 22.1 Å². The summed E-state index contributed by atoms with van der Waals surface area (Å²) in [7, 11) is 0. The lowest BCUT2D eigenvalue weighted by molar-refractivity contribution is -0.141. The standard InChI is InChI=1S/C23H35ClN6O4S/c24-13-19(31)16(8-4-10-27-23(25)26)29-21(33)18-9-5-11-30(18)22(34)17(28-20(32)14-35)12-15-6-2-1-3-7-15/h1-3,6-7,16-19,31,35H,4-5,8-14H2,(H,28,32)(H,29,33)(H4,25,26,27)/t16-,17+,18-,19?/m0/s1. The molecule has 10 nitrogen and oxygen atoms in total. The molecular formula is C23H35ClN6O4S. The molecule has 1 aliphatic heterocycles. The van der Waals surface area contributed by atoms with E-state index in [-0.39, 0.29) is 35.3 Å². The summed E-state index contributed by atoms with van der Waals surface area (Å²) >= 11 is 9.83. The van der Waals surface area contributed by atoms with Crippen LogP contribution in [0.2, 0.25) is 0 Å². The third kappa shape index (κ3) is 9.23. The van der Waals surface area contributed by atoms with E-state index in [2.05, 4.69) is 28.3 Å². The Kier molecular flexibility index (Phi) is 12.1. The van der Waals surface area contributed by atoms with Crippen molar-refractivity contribution in [2.75, 3.05) is 24.7 Å². The van der Waals surface area contributed by atoms with Crippen LogP contribution in [0.25, 0.3) is 0 Å². The first-order valence-corrected chi connectivity index (χ1v) is 12.8. The van der Waals surface area contributed by atoms with Gasteiger partial charge in [0.1, 0.15) is 12.1 Å². The number of carbonyl (C=O) groups excluding carboxylic acids is 3. The number of hydrogen-bond acceptors (Lipinski definition) is 6. The molecule has 4 atom stereocenters. The van der Waals surface area contributed by atoms with Crippen LogP contribution in [-0.4, -0.2) is 82.6 Å². The molecule has 1 heterocycles. The molecule has 0 radical (unpaired) electrons. The highest BCUT2D eigenvalue weighted by atomic mass is 35.5. The summed E-state index contributed by atoms with van der Waals surface area (Å²) in [6.45, 7) is 0.746. The van der Waals surface area contributed by atoms with E-state index in [0.717, 1.165) is 5.56 Å². The molecule has 1 saturated heterocycles. The molecule has 3 amide bonds. The number of benzene rings is 1. The Balaban J connectivity index is 2.11. The van der Waals surface area contributed by atoms with Gasteiger partial charge in [-0.15, -0.1) is 11.6 Å². The van der Waals surface area contributed by atoms with Crippen molar-refractivity contribution in [3.05, 3.63) is 35.9 Å². The Morgan fingerprint density at radius 1 is 1.23 bits per heavy atom. The van der Waals surface area contributed by atoms with Gasteiger partial charge in [0.15, 0.2) is 5.96 Å². The molecule has 7 N–H and O–H groups in total. The number of alkyl halides is 1. The van der Waals surface area contributed by atoms with Crippen LogP contribution in [0, 0.1) is 0 Å². The first kappa shape index (κ1) is 28.7. The van der Waals surface area contributed by atoms with Crippen molar-refractivity contribution in [1.82, 2.24) is 15.5 Å². The van der Waals surface area contributed by atoms with E-state index >= 15 is 0 Å². The van der Waals surface area contributed by atoms with E-state index < -0.39 is 24.2 Å². The number of hydrogen-bond donors (Lipinski definition) is 6. The zero-order valence-electron chi connectivity index (χ0n) is 19.6. The van der Waals surface area contributed by atoms with Gasteiger partial charge in [0.05, 0.1) is 23.8 Å². The van der Waals surface area contributed by atoms with Crippen molar-refractivity contribution >= 4 is 47.9 Å². The number of aliphatic hydroxyl groups is 1. The van der Waals surface area contributed by atoms with E-state index in [9.17, 15) is 19.5 Å². The summed E-state index contributed by atoms with van der Waals surface area (Å²) in [5, 5.41) is 15.9. The van der Waals surface area contributed by atoms with Gasteiger partial charge in [-0.3, -0.25) is 19.4 Å². The number of aliphatic hydroxyl groups excluding tert-OH is 1. The molecule has 12 heteroatoms. The Bertz CT molecular complexity index is 871.